The van der Waals surface area contributed by atoms with Crippen molar-refractivity contribution < 1.29 is 13.5 Å². The number of benzene rings is 1. The molecule has 0 aliphatic heterocycles. The van der Waals surface area contributed by atoms with Crippen molar-refractivity contribution >= 4 is 9.84 Å². The van der Waals surface area contributed by atoms with E-state index in [1.165, 1.54) is 0 Å². The monoisotopic (exact) mass is 254 g/mol. The average Bonchev–Trinajstić information content (AvgIpc) is 2.69. The highest BCUT2D eigenvalue weighted by atomic mass is 32.2. The molecule has 4 heteroatoms. The van der Waals surface area contributed by atoms with Crippen molar-refractivity contribution in [1.29, 1.82) is 0 Å². The molecule has 1 aromatic carbocycles. The van der Waals surface area contributed by atoms with Gasteiger partial charge in [-0.1, -0.05) is 6.07 Å². The lowest BCUT2D eigenvalue weighted by Gasteiger charge is -2.16. The minimum atomic E-state index is -3.38. The molecular weight excluding hydrogens is 236 g/mol. The molecule has 1 N–H and O–H groups in total. The van der Waals surface area contributed by atoms with E-state index in [2.05, 4.69) is 0 Å². The molecule has 2 rings (SSSR count). The first-order valence-electron chi connectivity index (χ1n) is 5.92. The summed E-state index contributed by atoms with van der Waals surface area (Å²) in [6.07, 6.45) is 1.24. The molecule has 94 valence electrons. The van der Waals surface area contributed by atoms with E-state index in [9.17, 15) is 13.5 Å². The summed E-state index contributed by atoms with van der Waals surface area (Å²) >= 11 is 0. The quantitative estimate of drug-likeness (QED) is 0.878. The Morgan fingerprint density at radius 3 is 2.41 bits per heavy atom. The Bertz CT molecular complexity index is 519. The molecule has 0 heterocycles. The molecule has 2 atom stereocenters. The minimum absolute atomic E-state index is 0.339. The van der Waals surface area contributed by atoms with Gasteiger partial charge in [-0.3, -0.25) is 0 Å². The van der Waals surface area contributed by atoms with Crippen LogP contribution in [-0.4, -0.2) is 24.9 Å². The van der Waals surface area contributed by atoms with Crippen molar-refractivity contribution in [2.24, 2.45) is 0 Å². The van der Waals surface area contributed by atoms with Crippen LogP contribution in [0.3, 0.4) is 0 Å². The largest absolute Gasteiger partial charge is 0.392 e. The van der Waals surface area contributed by atoms with Gasteiger partial charge in [0.15, 0.2) is 9.84 Å². The van der Waals surface area contributed by atoms with Gasteiger partial charge in [-0.25, -0.2) is 8.42 Å². The molecular formula is C13H18O3S. The van der Waals surface area contributed by atoms with Crippen molar-refractivity contribution in [3.8, 4) is 0 Å². The molecule has 3 nitrogen and oxygen atoms in total. The molecule has 17 heavy (non-hydrogen) atoms. The summed E-state index contributed by atoms with van der Waals surface area (Å²) in [5.74, 6) is 0. The second-order valence-corrected chi connectivity index (χ2v) is 6.99. The SMILES string of the molecule is Cc1ccc(S(=O)(=O)C2CCCC2O)cc1C. The zero-order valence-corrected chi connectivity index (χ0v) is 11.0. The third-order valence-electron chi connectivity index (χ3n) is 3.62. The standard InChI is InChI=1S/C13H18O3S/c1-9-6-7-11(8-10(9)2)17(15,16)13-5-3-4-12(13)14/h6-8,12-14H,3-5H2,1-2H3. The van der Waals surface area contributed by atoms with Crippen LogP contribution in [0, 0.1) is 13.8 Å². The fraction of sp³-hybridized carbons (Fsp3) is 0.538. The summed E-state index contributed by atoms with van der Waals surface area (Å²) in [7, 11) is -3.38. The molecule has 1 fully saturated rings. The van der Waals surface area contributed by atoms with E-state index in [1.807, 2.05) is 19.9 Å². The third-order valence-corrected chi connectivity index (χ3v) is 5.88. The maximum Gasteiger partial charge on any atom is 0.183 e. The predicted molar refractivity (Wildman–Crippen MR) is 66.7 cm³/mol. The van der Waals surface area contributed by atoms with E-state index in [0.717, 1.165) is 17.5 Å². The van der Waals surface area contributed by atoms with Crippen molar-refractivity contribution in [3.05, 3.63) is 29.3 Å². The van der Waals surface area contributed by atoms with E-state index >= 15 is 0 Å². The lowest BCUT2D eigenvalue weighted by Crippen LogP contribution is -2.29. The summed E-state index contributed by atoms with van der Waals surface area (Å²) in [5, 5.41) is 9.11. The highest BCUT2D eigenvalue weighted by Crippen LogP contribution is 2.30. The van der Waals surface area contributed by atoms with Gasteiger partial charge in [0.2, 0.25) is 0 Å². The Balaban J connectivity index is 2.41. The Kier molecular flexibility index (Phi) is 3.27. The Morgan fingerprint density at radius 1 is 1.18 bits per heavy atom. The van der Waals surface area contributed by atoms with Crippen LogP contribution in [0.2, 0.25) is 0 Å². The maximum atomic E-state index is 12.3. The van der Waals surface area contributed by atoms with Gasteiger partial charge < -0.3 is 5.11 Å². The average molecular weight is 254 g/mol. The van der Waals surface area contributed by atoms with Crippen molar-refractivity contribution in [2.45, 2.75) is 49.4 Å². The Labute approximate surface area is 102 Å². The van der Waals surface area contributed by atoms with Crippen molar-refractivity contribution in [3.63, 3.8) is 0 Å². The van der Waals surface area contributed by atoms with Gasteiger partial charge in [0.1, 0.15) is 0 Å². The van der Waals surface area contributed by atoms with E-state index in [1.54, 1.807) is 12.1 Å². The summed E-state index contributed by atoms with van der Waals surface area (Å²) in [6, 6.07) is 5.17. The van der Waals surface area contributed by atoms with E-state index in [-0.39, 0.29) is 0 Å². The van der Waals surface area contributed by atoms with Gasteiger partial charge in [-0.15, -0.1) is 0 Å². The van der Waals surface area contributed by atoms with Gasteiger partial charge >= 0.3 is 0 Å². The Hall–Kier alpha value is -0.870. The maximum absolute atomic E-state index is 12.3. The lowest BCUT2D eigenvalue weighted by atomic mass is 10.1. The molecule has 1 saturated carbocycles. The second kappa shape index (κ2) is 4.42. The summed E-state index contributed by atoms with van der Waals surface area (Å²) in [4.78, 5) is 0.339. The van der Waals surface area contributed by atoms with E-state index in [0.29, 0.717) is 17.7 Å². The lowest BCUT2D eigenvalue weighted by molar-refractivity contribution is 0.185. The molecule has 0 radical (unpaired) electrons. The molecule has 0 spiro atoms. The molecule has 1 aromatic rings. The normalized spacial score (nSPS) is 25.1. The zero-order chi connectivity index (χ0) is 12.6. The number of aryl methyl sites for hydroxylation is 2. The highest BCUT2D eigenvalue weighted by Gasteiger charge is 2.37. The Morgan fingerprint density at radius 2 is 1.88 bits per heavy atom. The smallest absolute Gasteiger partial charge is 0.183 e. The third kappa shape index (κ3) is 2.24. The fourth-order valence-corrected chi connectivity index (χ4v) is 4.31. The topological polar surface area (TPSA) is 54.4 Å². The van der Waals surface area contributed by atoms with Gasteiger partial charge in [-0.05, 0) is 56.4 Å². The van der Waals surface area contributed by atoms with Crippen LogP contribution in [0.1, 0.15) is 30.4 Å². The molecule has 0 aromatic heterocycles. The molecule has 2 unspecified atom stereocenters. The number of aliphatic hydroxyl groups is 1. The van der Waals surface area contributed by atoms with Gasteiger partial charge in [0.25, 0.3) is 0 Å². The van der Waals surface area contributed by atoms with Gasteiger partial charge in [-0.2, -0.15) is 0 Å². The molecule has 0 amide bonds. The van der Waals surface area contributed by atoms with Crippen LogP contribution in [0.5, 0.6) is 0 Å². The number of hydrogen-bond acceptors (Lipinski definition) is 3. The molecule has 1 aliphatic rings. The van der Waals surface area contributed by atoms with Crippen LogP contribution in [0.25, 0.3) is 0 Å². The highest BCUT2D eigenvalue weighted by molar-refractivity contribution is 7.92. The van der Waals surface area contributed by atoms with Gasteiger partial charge in [0, 0.05) is 0 Å². The van der Waals surface area contributed by atoms with Crippen LogP contribution in [0.15, 0.2) is 23.1 Å². The number of hydrogen-bond donors (Lipinski definition) is 1. The number of rotatable bonds is 2. The summed E-state index contributed by atoms with van der Waals surface area (Å²) in [6.45, 7) is 3.86. The molecule has 0 saturated heterocycles. The van der Waals surface area contributed by atoms with Gasteiger partial charge in [0.05, 0.1) is 16.2 Å². The number of aliphatic hydroxyl groups excluding tert-OH is 1. The summed E-state index contributed by atoms with van der Waals surface area (Å²) in [5.41, 5.74) is 2.05. The molecule has 1 aliphatic carbocycles. The zero-order valence-electron chi connectivity index (χ0n) is 10.2. The van der Waals surface area contributed by atoms with Crippen LogP contribution < -0.4 is 0 Å². The first-order chi connectivity index (χ1) is 7.93. The van der Waals surface area contributed by atoms with Crippen LogP contribution in [0.4, 0.5) is 0 Å². The van der Waals surface area contributed by atoms with Crippen LogP contribution in [-0.2, 0) is 9.84 Å². The minimum Gasteiger partial charge on any atom is -0.392 e. The van der Waals surface area contributed by atoms with Crippen LogP contribution >= 0.6 is 0 Å². The summed E-state index contributed by atoms with van der Waals surface area (Å²) < 4.78 is 24.7. The first-order valence-corrected chi connectivity index (χ1v) is 7.47. The second-order valence-electron chi connectivity index (χ2n) is 4.83. The van der Waals surface area contributed by atoms with E-state index < -0.39 is 21.2 Å². The molecule has 0 bridgehead atoms. The number of sulfone groups is 1. The van der Waals surface area contributed by atoms with E-state index in [4.69, 9.17) is 0 Å². The fourth-order valence-electron chi connectivity index (χ4n) is 2.33. The first kappa shape index (κ1) is 12.6. The van der Waals surface area contributed by atoms with Crippen molar-refractivity contribution in [1.82, 2.24) is 0 Å². The van der Waals surface area contributed by atoms with Crippen molar-refractivity contribution in [2.75, 3.05) is 0 Å². The predicted octanol–water partition coefficient (Wildman–Crippen LogP) is 1.99.